The largest absolute Gasteiger partial charge is 0.485 e. The van der Waals surface area contributed by atoms with Crippen molar-refractivity contribution < 1.29 is 14.3 Å². The average Bonchev–Trinajstić information content (AvgIpc) is 2.90. The molecular formula is C15H16N2O3. The van der Waals surface area contributed by atoms with Crippen LogP contribution in [0.25, 0.3) is 0 Å². The topological polar surface area (TPSA) is 59.6 Å². The molecule has 0 bridgehead atoms. The van der Waals surface area contributed by atoms with Crippen molar-refractivity contribution in [1.82, 2.24) is 10.9 Å². The highest BCUT2D eigenvalue weighted by atomic mass is 16.6. The van der Waals surface area contributed by atoms with Gasteiger partial charge in [-0.1, -0.05) is 23.8 Å². The summed E-state index contributed by atoms with van der Waals surface area (Å²) < 4.78 is 11.1. The van der Waals surface area contributed by atoms with Gasteiger partial charge in [-0.2, -0.15) is 0 Å². The summed E-state index contributed by atoms with van der Waals surface area (Å²) in [6, 6.07) is 7.31. The number of nitrogens with one attached hydrogen (secondary N) is 2. The Balaban J connectivity index is 1.57. The van der Waals surface area contributed by atoms with Crippen LogP contribution in [0.3, 0.4) is 0 Å². The van der Waals surface area contributed by atoms with E-state index < -0.39 is 6.10 Å². The van der Waals surface area contributed by atoms with Gasteiger partial charge in [0.05, 0.1) is 5.70 Å². The normalized spacial score (nSPS) is 19.9. The lowest BCUT2D eigenvalue weighted by Crippen LogP contribution is -2.48. The number of allylic oxidation sites excluding steroid dienone is 3. The van der Waals surface area contributed by atoms with Crippen LogP contribution in [-0.4, -0.2) is 18.6 Å². The highest BCUT2D eigenvalue weighted by Gasteiger charge is 2.27. The number of hydrogen-bond acceptors (Lipinski definition) is 4. The third kappa shape index (κ3) is 2.61. The molecule has 1 aromatic carbocycles. The van der Waals surface area contributed by atoms with E-state index in [0.717, 1.165) is 12.1 Å². The second kappa shape index (κ2) is 5.28. The summed E-state index contributed by atoms with van der Waals surface area (Å²) in [7, 11) is 0. The minimum Gasteiger partial charge on any atom is -0.485 e. The third-order valence-corrected chi connectivity index (χ3v) is 3.18. The number of carbonyl (C=O) groups excluding carboxylic acids is 1. The zero-order valence-electron chi connectivity index (χ0n) is 11.2. The Morgan fingerprint density at radius 3 is 2.85 bits per heavy atom. The van der Waals surface area contributed by atoms with Crippen LogP contribution in [0.1, 0.15) is 13.3 Å². The highest BCUT2D eigenvalue weighted by Crippen LogP contribution is 2.30. The molecule has 2 N–H and O–H groups in total. The molecule has 2 aliphatic rings. The van der Waals surface area contributed by atoms with E-state index in [0.29, 0.717) is 11.5 Å². The third-order valence-electron chi connectivity index (χ3n) is 3.18. The first-order valence-electron chi connectivity index (χ1n) is 6.54. The summed E-state index contributed by atoms with van der Waals surface area (Å²) in [4.78, 5) is 12.0. The average molecular weight is 272 g/mol. The summed E-state index contributed by atoms with van der Waals surface area (Å²) in [5.74, 6) is 1.01. The zero-order chi connectivity index (χ0) is 13.9. The SMILES string of the molecule is CC1=CC(NNC(=O)[C@@H]2COc3ccccc3O2)=CC1. The maximum atomic E-state index is 12.0. The molecule has 1 aliphatic carbocycles. The van der Waals surface area contributed by atoms with Gasteiger partial charge in [0.1, 0.15) is 6.61 Å². The Morgan fingerprint density at radius 2 is 2.10 bits per heavy atom. The van der Waals surface area contributed by atoms with E-state index in [4.69, 9.17) is 9.47 Å². The fourth-order valence-electron chi connectivity index (χ4n) is 2.10. The van der Waals surface area contributed by atoms with Gasteiger partial charge in [0.2, 0.25) is 6.10 Å². The van der Waals surface area contributed by atoms with E-state index in [9.17, 15) is 4.79 Å². The van der Waals surface area contributed by atoms with E-state index in [1.807, 2.05) is 37.3 Å². The maximum Gasteiger partial charge on any atom is 0.282 e. The molecule has 0 fully saturated rings. The van der Waals surface area contributed by atoms with Gasteiger partial charge in [-0.3, -0.25) is 15.6 Å². The molecule has 1 aromatic rings. The first-order valence-corrected chi connectivity index (χ1v) is 6.54. The molecule has 0 spiro atoms. The van der Waals surface area contributed by atoms with Gasteiger partial charge in [-0.05, 0) is 31.6 Å². The quantitative estimate of drug-likeness (QED) is 0.822. The minimum atomic E-state index is -0.649. The molecule has 1 aliphatic heterocycles. The second-order valence-electron chi connectivity index (χ2n) is 4.83. The smallest absolute Gasteiger partial charge is 0.282 e. The molecule has 1 atom stereocenters. The summed E-state index contributed by atoms with van der Waals surface area (Å²) >= 11 is 0. The first kappa shape index (κ1) is 12.6. The summed E-state index contributed by atoms with van der Waals surface area (Å²) in [5.41, 5.74) is 7.68. The fourth-order valence-corrected chi connectivity index (χ4v) is 2.10. The number of ether oxygens (including phenoxy) is 2. The Morgan fingerprint density at radius 1 is 1.30 bits per heavy atom. The van der Waals surface area contributed by atoms with E-state index >= 15 is 0 Å². The van der Waals surface area contributed by atoms with E-state index in [1.54, 1.807) is 6.07 Å². The fraction of sp³-hybridized carbons (Fsp3) is 0.267. The Hall–Kier alpha value is -2.43. The van der Waals surface area contributed by atoms with Gasteiger partial charge in [0.25, 0.3) is 5.91 Å². The van der Waals surface area contributed by atoms with E-state index in [-0.39, 0.29) is 12.5 Å². The van der Waals surface area contributed by atoms with Gasteiger partial charge in [-0.25, -0.2) is 0 Å². The lowest BCUT2D eigenvalue weighted by atomic mass is 10.2. The molecule has 104 valence electrons. The molecule has 1 amide bonds. The zero-order valence-corrected chi connectivity index (χ0v) is 11.2. The van der Waals surface area contributed by atoms with Crippen LogP contribution >= 0.6 is 0 Å². The van der Waals surface area contributed by atoms with Crippen LogP contribution in [0.15, 0.2) is 47.7 Å². The Labute approximate surface area is 117 Å². The van der Waals surface area contributed by atoms with Crippen molar-refractivity contribution in [3.63, 3.8) is 0 Å². The maximum absolute atomic E-state index is 12.0. The lowest BCUT2D eigenvalue weighted by Gasteiger charge is -2.25. The molecule has 3 rings (SSSR count). The van der Waals surface area contributed by atoms with Crippen molar-refractivity contribution >= 4 is 5.91 Å². The Bertz CT molecular complexity index is 593. The van der Waals surface area contributed by atoms with Crippen molar-refractivity contribution in [3.05, 3.63) is 47.7 Å². The molecule has 0 aromatic heterocycles. The number of hydrazine groups is 1. The van der Waals surface area contributed by atoms with Gasteiger partial charge in [0.15, 0.2) is 11.5 Å². The molecule has 5 nitrogen and oxygen atoms in total. The molecule has 0 saturated carbocycles. The second-order valence-corrected chi connectivity index (χ2v) is 4.83. The van der Waals surface area contributed by atoms with Crippen LogP contribution in [-0.2, 0) is 4.79 Å². The monoisotopic (exact) mass is 272 g/mol. The molecule has 20 heavy (non-hydrogen) atoms. The predicted molar refractivity (Wildman–Crippen MR) is 74.1 cm³/mol. The number of amides is 1. The molecular weight excluding hydrogens is 256 g/mol. The summed E-state index contributed by atoms with van der Waals surface area (Å²) in [6.45, 7) is 2.25. The van der Waals surface area contributed by atoms with Crippen molar-refractivity contribution in [3.8, 4) is 11.5 Å². The summed E-state index contributed by atoms with van der Waals surface area (Å²) in [6.07, 6.45) is 4.27. The first-order chi connectivity index (χ1) is 9.72. The minimum absolute atomic E-state index is 0.207. The van der Waals surface area contributed by atoms with Gasteiger partial charge < -0.3 is 9.47 Å². The van der Waals surface area contributed by atoms with Crippen LogP contribution in [0.2, 0.25) is 0 Å². The van der Waals surface area contributed by atoms with Gasteiger partial charge >= 0.3 is 0 Å². The van der Waals surface area contributed by atoms with E-state index in [1.165, 1.54) is 5.57 Å². The number of fused-ring (bicyclic) bond motifs is 1. The highest BCUT2D eigenvalue weighted by molar-refractivity contribution is 5.81. The van der Waals surface area contributed by atoms with E-state index in [2.05, 4.69) is 10.9 Å². The lowest BCUT2D eigenvalue weighted by molar-refractivity contribution is -0.131. The van der Waals surface area contributed by atoms with Crippen LogP contribution < -0.4 is 20.3 Å². The van der Waals surface area contributed by atoms with Gasteiger partial charge in [-0.15, -0.1) is 0 Å². The number of benzene rings is 1. The standard InChI is InChI=1S/C15H16N2O3/c1-10-6-7-11(8-10)16-17-15(18)14-9-19-12-4-2-3-5-13(12)20-14/h2-5,7-8,14,16H,6,9H2,1H3,(H,17,18)/t14-/m0/s1. The molecule has 0 unspecified atom stereocenters. The van der Waals surface area contributed by atoms with Crippen molar-refractivity contribution in [2.75, 3.05) is 6.61 Å². The van der Waals surface area contributed by atoms with Crippen molar-refractivity contribution in [2.24, 2.45) is 0 Å². The summed E-state index contributed by atoms with van der Waals surface area (Å²) in [5, 5.41) is 0. The van der Waals surface area contributed by atoms with Crippen LogP contribution in [0, 0.1) is 0 Å². The van der Waals surface area contributed by atoms with Crippen molar-refractivity contribution in [1.29, 1.82) is 0 Å². The Kier molecular flexibility index (Phi) is 3.33. The number of para-hydroxylation sites is 2. The molecule has 0 saturated heterocycles. The number of carbonyl (C=O) groups is 1. The van der Waals surface area contributed by atoms with Crippen molar-refractivity contribution in [2.45, 2.75) is 19.4 Å². The number of rotatable bonds is 3. The molecule has 5 heteroatoms. The van der Waals surface area contributed by atoms with Gasteiger partial charge in [0, 0.05) is 0 Å². The van der Waals surface area contributed by atoms with Crippen LogP contribution in [0.5, 0.6) is 11.5 Å². The van der Waals surface area contributed by atoms with Crippen LogP contribution in [0.4, 0.5) is 0 Å². The molecule has 0 radical (unpaired) electrons. The number of hydrogen-bond donors (Lipinski definition) is 2. The molecule has 1 heterocycles. The predicted octanol–water partition coefficient (Wildman–Crippen LogP) is 1.68.